The van der Waals surface area contributed by atoms with Crippen molar-refractivity contribution in [2.75, 3.05) is 5.73 Å². The standard InChI is InChI=1S/C13H8BrFN2O3/c14-10-6-7(17(19)20)5-9(12(10)16)13(18)8-3-1-2-4-11(8)15/h1-6H,16H2. The van der Waals surface area contributed by atoms with Crippen LogP contribution >= 0.6 is 15.9 Å². The van der Waals surface area contributed by atoms with Gasteiger partial charge < -0.3 is 5.73 Å². The van der Waals surface area contributed by atoms with Crippen molar-refractivity contribution in [1.82, 2.24) is 0 Å². The van der Waals surface area contributed by atoms with Gasteiger partial charge in [-0.1, -0.05) is 12.1 Å². The Labute approximate surface area is 121 Å². The molecule has 5 nitrogen and oxygen atoms in total. The van der Waals surface area contributed by atoms with Crippen molar-refractivity contribution in [3.8, 4) is 0 Å². The molecule has 0 aliphatic carbocycles. The number of rotatable bonds is 3. The van der Waals surface area contributed by atoms with Crippen molar-refractivity contribution in [2.24, 2.45) is 0 Å². The van der Waals surface area contributed by atoms with Gasteiger partial charge in [0.25, 0.3) is 5.69 Å². The zero-order valence-corrected chi connectivity index (χ0v) is 11.6. The van der Waals surface area contributed by atoms with Gasteiger partial charge >= 0.3 is 0 Å². The van der Waals surface area contributed by atoms with E-state index in [1.54, 1.807) is 0 Å². The molecule has 0 atom stereocenters. The Morgan fingerprint density at radius 1 is 1.25 bits per heavy atom. The number of non-ortho nitro benzene ring substituents is 1. The van der Waals surface area contributed by atoms with Gasteiger partial charge in [0.1, 0.15) is 5.82 Å². The monoisotopic (exact) mass is 338 g/mol. The highest BCUT2D eigenvalue weighted by atomic mass is 79.9. The molecule has 0 unspecified atom stereocenters. The largest absolute Gasteiger partial charge is 0.397 e. The molecule has 0 aliphatic rings. The summed E-state index contributed by atoms with van der Waals surface area (Å²) in [6, 6.07) is 7.60. The molecular weight excluding hydrogens is 331 g/mol. The van der Waals surface area contributed by atoms with E-state index < -0.39 is 16.5 Å². The molecule has 0 saturated heterocycles. The van der Waals surface area contributed by atoms with E-state index in [-0.39, 0.29) is 27.0 Å². The topological polar surface area (TPSA) is 86.2 Å². The maximum atomic E-state index is 13.6. The van der Waals surface area contributed by atoms with Crippen LogP contribution in [0.25, 0.3) is 0 Å². The molecule has 0 bridgehead atoms. The summed E-state index contributed by atoms with van der Waals surface area (Å²) in [5, 5.41) is 10.8. The van der Waals surface area contributed by atoms with Crippen molar-refractivity contribution in [2.45, 2.75) is 0 Å². The summed E-state index contributed by atoms with van der Waals surface area (Å²) in [5.41, 5.74) is 5.16. The van der Waals surface area contributed by atoms with Crippen LogP contribution in [0.4, 0.5) is 15.8 Å². The van der Waals surface area contributed by atoms with Crippen LogP contribution in [-0.4, -0.2) is 10.7 Å². The zero-order valence-electron chi connectivity index (χ0n) is 9.97. The van der Waals surface area contributed by atoms with E-state index in [1.807, 2.05) is 0 Å². The summed E-state index contributed by atoms with van der Waals surface area (Å²) in [7, 11) is 0. The minimum absolute atomic E-state index is 0.0313. The van der Waals surface area contributed by atoms with Gasteiger partial charge in [0, 0.05) is 16.6 Å². The van der Waals surface area contributed by atoms with Crippen molar-refractivity contribution < 1.29 is 14.1 Å². The predicted octanol–water partition coefficient (Wildman–Crippen LogP) is 3.31. The van der Waals surface area contributed by atoms with E-state index in [2.05, 4.69) is 15.9 Å². The lowest BCUT2D eigenvalue weighted by molar-refractivity contribution is -0.384. The first kappa shape index (κ1) is 14.1. The summed E-state index contributed by atoms with van der Waals surface area (Å²) >= 11 is 3.05. The second kappa shape index (κ2) is 5.38. The Hall–Kier alpha value is -2.28. The maximum Gasteiger partial charge on any atom is 0.271 e. The highest BCUT2D eigenvalue weighted by Gasteiger charge is 2.21. The van der Waals surface area contributed by atoms with Gasteiger partial charge in [0.05, 0.1) is 21.7 Å². The first-order valence-corrected chi connectivity index (χ1v) is 6.23. The molecule has 0 aliphatic heterocycles. The van der Waals surface area contributed by atoms with Crippen LogP contribution in [0.15, 0.2) is 40.9 Å². The molecule has 0 fully saturated rings. The molecule has 7 heteroatoms. The Morgan fingerprint density at radius 2 is 1.90 bits per heavy atom. The molecule has 102 valence electrons. The minimum atomic E-state index is -0.709. The van der Waals surface area contributed by atoms with Crippen LogP contribution in [0.1, 0.15) is 15.9 Å². The average Bonchev–Trinajstić information content (AvgIpc) is 2.41. The number of nitrogen functional groups attached to an aromatic ring is 1. The molecular formula is C13H8BrFN2O3. The third kappa shape index (κ3) is 2.53. The summed E-state index contributed by atoms with van der Waals surface area (Å²) in [6.45, 7) is 0. The van der Waals surface area contributed by atoms with Gasteiger partial charge in [-0.25, -0.2) is 4.39 Å². The number of carbonyl (C=O) groups excluding carboxylic acids is 1. The minimum Gasteiger partial charge on any atom is -0.397 e. The Bertz CT molecular complexity index is 719. The third-order valence-corrected chi connectivity index (χ3v) is 3.34. The first-order chi connectivity index (χ1) is 9.41. The highest BCUT2D eigenvalue weighted by Crippen LogP contribution is 2.31. The molecule has 0 aromatic heterocycles. The number of carbonyl (C=O) groups is 1. The average molecular weight is 339 g/mol. The number of nitro benzene ring substituents is 1. The number of hydrogen-bond donors (Lipinski definition) is 1. The first-order valence-electron chi connectivity index (χ1n) is 5.44. The number of anilines is 1. The highest BCUT2D eigenvalue weighted by molar-refractivity contribution is 9.10. The van der Waals surface area contributed by atoms with Crippen LogP contribution in [0.3, 0.4) is 0 Å². The quantitative estimate of drug-likeness (QED) is 0.402. The van der Waals surface area contributed by atoms with E-state index in [0.717, 1.165) is 12.1 Å². The molecule has 0 heterocycles. The fraction of sp³-hybridized carbons (Fsp3) is 0. The van der Waals surface area contributed by atoms with Gasteiger partial charge in [0.2, 0.25) is 0 Å². The Kier molecular flexibility index (Phi) is 3.80. The lowest BCUT2D eigenvalue weighted by Crippen LogP contribution is -2.08. The molecule has 0 saturated carbocycles. The van der Waals surface area contributed by atoms with E-state index in [9.17, 15) is 19.3 Å². The van der Waals surface area contributed by atoms with Crippen LogP contribution in [0, 0.1) is 15.9 Å². The Morgan fingerprint density at radius 3 is 2.50 bits per heavy atom. The molecule has 0 radical (unpaired) electrons. The van der Waals surface area contributed by atoms with Gasteiger partial charge in [-0.2, -0.15) is 0 Å². The molecule has 0 amide bonds. The fourth-order valence-electron chi connectivity index (χ4n) is 1.69. The molecule has 2 aromatic rings. The number of halogens is 2. The number of benzene rings is 2. The maximum absolute atomic E-state index is 13.6. The molecule has 2 N–H and O–H groups in total. The summed E-state index contributed by atoms with van der Waals surface area (Å²) in [6.07, 6.45) is 0. The second-order valence-electron chi connectivity index (χ2n) is 3.95. The van der Waals surface area contributed by atoms with Crippen molar-refractivity contribution in [3.63, 3.8) is 0 Å². The number of nitrogens with zero attached hydrogens (tertiary/aromatic N) is 1. The second-order valence-corrected chi connectivity index (χ2v) is 4.81. The van der Waals surface area contributed by atoms with E-state index in [4.69, 9.17) is 5.73 Å². The van der Waals surface area contributed by atoms with Crippen LogP contribution in [0.5, 0.6) is 0 Å². The van der Waals surface area contributed by atoms with Crippen LogP contribution < -0.4 is 5.73 Å². The zero-order chi connectivity index (χ0) is 14.9. The molecule has 20 heavy (non-hydrogen) atoms. The summed E-state index contributed by atoms with van der Waals surface area (Å²) in [4.78, 5) is 22.4. The summed E-state index contributed by atoms with van der Waals surface area (Å²) < 4.78 is 13.8. The lowest BCUT2D eigenvalue weighted by atomic mass is 10.0. The normalized spacial score (nSPS) is 10.3. The van der Waals surface area contributed by atoms with Gasteiger partial charge in [-0.05, 0) is 28.1 Å². The number of hydrogen-bond acceptors (Lipinski definition) is 4. The van der Waals surface area contributed by atoms with Crippen molar-refractivity contribution in [3.05, 3.63) is 67.9 Å². The van der Waals surface area contributed by atoms with Crippen molar-refractivity contribution in [1.29, 1.82) is 0 Å². The van der Waals surface area contributed by atoms with Crippen molar-refractivity contribution >= 4 is 33.1 Å². The lowest BCUT2D eigenvalue weighted by Gasteiger charge is -2.07. The van der Waals surface area contributed by atoms with Crippen LogP contribution in [0.2, 0.25) is 0 Å². The van der Waals surface area contributed by atoms with Gasteiger partial charge in [-0.3, -0.25) is 14.9 Å². The van der Waals surface area contributed by atoms with Crippen LogP contribution in [-0.2, 0) is 0 Å². The van der Waals surface area contributed by atoms with Gasteiger partial charge in [-0.15, -0.1) is 0 Å². The van der Waals surface area contributed by atoms with E-state index >= 15 is 0 Å². The predicted molar refractivity (Wildman–Crippen MR) is 75.0 cm³/mol. The molecule has 2 aromatic carbocycles. The molecule has 0 spiro atoms. The number of ketones is 1. The van der Waals surface area contributed by atoms with Gasteiger partial charge in [0.15, 0.2) is 5.78 Å². The number of nitrogens with two attached hydrogens (primary N) is 1. The van der Waals surface area contributed by atoms with E-state index in [0.29, 0.717) is 0 Å². The smallest absolute Gasteiger partial charge is 0.271 e. The SMILES string of the molecule is Nc1c(Br)cc([N+](=O)[O-])cc1C(=O)c1ccccc1F. The number of nitro groups is 1. The third-order valence-electron chi connectivity index (χ3n) is 2.69. The summed E-state index contributed by atoms with van der Waals surface area (Å²) in [5.74, 6) is -1.41. The van der Waals surface area contributed by atoms with E-state index in [1.165, 1.54) is 24.3 Å². The fourth-order valence-corrected chi connectivity index (χ4v) is 2.14. The Balaban J connectivity index is 2.61. The molecule has 2 rings (SSSR count).